The number of nitrogens with two attached hydrogens (primary N) is 1. The maximum absolute atomic E-state index is 14.0. The quantitative estimate of drug-likeness (QED) is 0.635. The highest BCUT2D eigenvalue weighted by atomic mass is 19.1. The van der Waals surface area contributed by atoms with E-state index in [1.54, 1.807) is 48.3 Å². The Morgan fingerprint density at radius 3 is 2.48 bits per heavy atom. The van der Waals surface area contributed by atoms with Crippen molar-refractivity contribution < 1.29 is 13.6 Å². The smallest absolute Gasteiger partial charge is 0.254 e. The standard InChI is InChI=1S/C23H26FN3O2/c1-15(2)20(25)12-13-27(3)23(28)17-9-5-4-8-16(17)22-26-14-21(29-22)18-10-6-7-11-19(18)24/h4-11,14-15,20H,12-13,25H2,1-3H3. The van der Waals surface area contributed by atoms with Crippen LogP contribution in [0.3, 0.4) is 0 Å². The normalized spacial score (nSPS) is 12.2. The van der Waals surface area contributed by atoms with Crippen molar-refractivity contribution in [3.05, 3.63) is 66.1 Å². The van der Waals surface area contributed by atoms with Crippen LogP contribution in [-0.2, 0) is 0 Å². The Kier molecular flexibility index (Phi) is 6.44. The first kappa shape index (κ1) is 20.7. The number of carbonyl (C=O) groups is 1. The average Bonchev–Trinajstić information content (AvgIpc) is 3.21. The molecule has 0 aliphatic carbocycles. The number of amides is 1. The molecular formula is C23H26FN3O2. The van der Waals surface area contributed by atoms with Gasteiger partial charge in [-0.25, -0.2) is 9.37 Å². The highest BCUT2D eigenvalue weighted by Crippen LogP contribution is 2.30. The van der Waals surface area contributed by atoms with Gasteiger partial charge in [-0.3, -0.25) is 4.79 Å². The molecule has 0 spiro atoms. The summed E-state index contributed by atoms with van der Waals surface area (Å²) in [6.07, 6.45) is 2.19. The van der Waals surface area contributed by atoms with E-state index in [0.29, 0.717) is 34.9 Å². The van der Waals surface area contributed by atoms with Gasteiger partial charge in [0.15, 0.2) is 5.76 Å². The van der Waals surface area contributed by atoms with Crippen molar-refractivity contribution in [3.8, 4) is 22.8 Å². The highest BCUT2D eigenvalue weighted by Gasteiger charge is 2.21. The number of oxazole rings is 1. The van der Waals surface area contributed by atoms with Crippen molar-refractivity contribution in [1.29, 1.82) is 0 Å². The van der Waals surface area contributed by atoms with Crippen LogP contribution < -0.4 is 5.73 Å². The summed E-state index contributed by atoms with van der Waals surface area (Å²) in [6.45, 7) is 4.69. The second kappa shape index (κ2) is 9.01. The van der Waals surface area contributed by atoms with Gasteiger partial charge in [-0.1, -0.05) is 38.1 Å². The topological polar surface area (TPSA) is 72.4 Å². The molecule has 1 heterocycles. The number of nitrogens with zero attached hydrogens (tertiary/aromatic N) is 2. The lowest BCUT2D eigenvalue weighted by atomic mass is 10.0. The van der Waals surface area contributed by atoms with E-state index in [4.69, 9.17) is 10.2 Å². The zero-order valence-electron chi connectivity index (χ0n) is 16.9. The van der Waals surface area contributed by atoms with Crippen LogP contribution in [0.15, 0.2) is 59.1 Å². The van der Waals surface area contributed by atoms with Crippen LogP contribution >= 0.6 is 0 Å². The van der Waals surface area contributed by atoms with E-state index in [2.05, 4.69) is 18.8 Å². The van der Waals surface area contributed by atoms with E-state index in [-0.39, 0.29) is 23.7 Å². The van der Waals surface area contributed by atoms with Crippen LogP contribution in [0.25, 0.3) is 22.8 Å². The van der Waals surface area contributed by atoms with Gasteiger partial charge in [-0.2, -0.15) is 0 Å². The summed E-state index contributed by atoms with van der Waals surface area (Å²) in [7, 11) is 1.76. The first-order valence-electron chi connectivity index (χ1n) is 9.69. The van der Waals surface area contributed by atoms with Gasteiger partial charge in [0.25, 0.3) is 5.91 Å². The van der Waals surface area contributed by atoms with E-state index in [1.165, 1.54) is 12.3 Å². The molecule has 0 saturated carbocycles. The van der Waals surface area contributed by atoms with E-state index in [9.17, 15) is 9.18 Å². The SMILES string of the molecule is CC(C)C(N)CCN(C)C(=O)c1ccccc1-c1ncc(-c2ccccc2F)o1. The van der Waals surface area contributed by atoms with E-state index in [1.807, 2.05) is 6.07 Å². The van der Waals surface area contributed by atoms with Crippen LogP contribution in [-0.4, -0.2) is 35.4 Å². The average molecular weight is 395 g/mol. The molecule has 0 bridgehead atoms. The fourth-order valence-corrected chi connectivity index (χ4v) is 3.02. The molecular weight excluding hydrogens is 369 g/mol. The Balaban J connectivity index is 1.84. The molecule has 0 fully saturated rings. The number of aromatic nitrogens is 1. The molecule has 1 amide bonds. The van der Waals surface area contributed by atoms with Gasteiger partial charge in [0.2, 0.25) is 5.89 Å². The number of benzene rings is 2. The summed E-state index contributed by atoms with van der Waals surface area (Å²) in [6, 6.07) is 13.5. The summed E-state index contributed by atoms with van der Waals surface area (Å²) < 4.78 is 19.8. The molecule has 0 saturated heterocycles. The molecule has 2 N–H and O–H groups in total. The zero-order valence-corrected chi connectivity index (χ0v) is 16.9. The van der Waals surface area contributed by atoms with Crippen LogP contribution in [0.4, 0.5) is 4.39 Å². The van der Waals surface area contributed by atoms with Crippen LogP contribution in [0.1, 0.15) is 30.6 Å². The minimum Gasteiger partial charge on any atom is -0.436 e. The van der Waals surface area contributed by atoms with Crippen molar-refractivity contribution in [2.45, 2.75) is 26.3 Å². The first-order chi connectivity index (χ1) is 13.9. The molecule has 1 unspecified atom stereocenters. The van der Waals surface area contributed by atoms with Crippen LogP contribution in [0.5, 0.6) is 0 Å². The van der Waals surface area contributed by atoms with Gasteiger partial charge in [-0.05, 0) is 36.6 Å². The molecule has 3 rings (SSSR count). The Bertz CT molecular complexity index is 984. The van der Waals surface area contributed by atoms with E-state index in [0.717, 1.165) is 6.42 Å². The molecule has 0 aliphatic heterocycles. The summed E-state index contributed by atoms with van der Waals surface area (Å²) in [5.41, 5.74) is 7.48. The summed E-state index contributed by atoms with van der Waals surface area (Å²) in [5, 5.41) is 0. The predicted octanol–water partition coefficient (Wildman–Crippen LogP) is 4.59. The first-order valence-corrected chi connectivity index (χ1v) is 9.69. The number of hydrogen-bond donors (Lipinski definition) is 1. The molecule has 6 heteroatoms. The van der Waals surface area contributed by atoms with Gasteiger partial charge < -0.3 is 15.1 Å². The third kappa shape index (κ3) is 4.71. The third-order valence-corrected chi connectivity index (χ3v) is 5.03. The summed E-state index contributed by atoms with van der Waals surface area (Å²) in [5.74, 6) is 0.425. The minimum atomic E-state index is -0.388. The van der Waals surface area contributed by atoms with Crippen LogP contribution in [0, 0.1) is 11.7 Å². The molecule has 1 atom stereocenters. The van der Waals surface area contributed by atoms with Gasteiger partial charge in [0, 0.05) is 25.2 Å². The van der Waals surface area contributed by atoms with Crippen LogP contribution in [0.2, 0.25) is 0 Å². The highest BCUT2D eigenvalue weighted by molar-refractivity contribution is 5.99. The Labute approximate surface area is 170 Å². The summed E-state index contributed by atoms with van der Waals surface area (Å²) in [4.78, 5) is 18.9. The second-order valence-corrected chi connectivity index (χ2v) is 7.48. The lowest BCUT2D eigenvalue weighted by molar-refractivity contribution is 0.0789. The molecule has 2 aromatic carbocycles. The van der Waals surface area contributed by atoms with Crippen molar-refractivity contribution in [1.82, 2.24) is 9.88 Å². The van der Waals surface area contributed by atoms with Gasteiger partial charge in [0.05, 0.1) is 17.3 Å². The Morgan fingerprint density at radius 1 is 1.14 bits per heavy atom. The van der Waals surface area contributed by atoms with Crippen molar-refractivity contribution in [2.75, 3.05) is 13.6 Å². The van der Waals surface area contributed by atoms with Gasteiger partial charge in [0.1, 0.15) is 5.82 Å². The number of carbonyl (C=O) groups excluding carboxylic acids is 1. The molecule has 0 radical (unpaired) electrons. The largest absolute Gasteiger partial charge is 0.436 e. The number of halogens is 1. The number of rotatable bonds is 7. The van der Waals surface area contributed by atoms with E-state index < -0.39 is 0 Å². The third-order valence-electron chi connectivity index (χ3n) is 5.03. The molecule has 3 aromatic rings. The number of hydrogen-bond acceptors (Lipinski definition) is 4. The zero-order chi connectivity index (χ0) is 21.0. The van der Waals surface area contributed by atoms with Gasteiger partial charge in [-0.15, -0.1) is 0 Å². The monoisotopic (exact) mass is 395 g/mol. The summed E-state index contributed by atoms with van der Waals surface area (Å²) >= 11 is 0. The maximum atomic E-state index is 14.0. The minimum absolute atomic E-state index is 0.0376. The van der Waals surface area contributed by atoms with Crippen molar-refractivity contribution in [2.24, 2.45) is 11.7 Å². The lowest BCUT2D eigenvalue weighted by Crippen LogP contribution is -2.34. The Morgan fingerprint density at radius 2 is 1.79 bits per heavy atom. The fourth-order valence-electron chi connectivity index (χ4n) is 3.02. The fraction of sp³-hybridized carbons (Fsp3) is 0.304. The molecule has 29 heavy (non-hydrogen) atoms. The maximum Gasteiger partial charge on any atom is 0.254 e. The lowest BCUT2D eigenvalue weighted by Gasteiger charge is -2.22. The Hall–Kier alpha value is -2.99. The van der Waals surface area contributed by atoms with Crippen molar-refractivity contribution >= 4 is 5.91 Å². The van der Waals surface area contributed by atoms with Crippen molar-refractivity contribution in [3.63, 3.8) is 0 Å². The predicted molar refractivity (Wildman–Crippen MR) is 112 cm³/mol. The molecule has 152 valence electrons. The molecule has 0 aliphatic rings. The van der Waals surface area contributed by atoms with E-state index >= 15 is 0 Å². The molecule has 5 nitrogen and oxygen atoms in total. The van der Waals surface area contributed by atoms with Gasteiger partial charge >= 0.3 is 0 Å². The second-order valence-electron chi connectivity index (χ2n) is 7.48. The molecule has 1 aromatic heterocycles.